The molecule has 2 aromatic rings. The largest absolute Gasteiger partial charge is 0.331 e. The summed E-state index contributed by atoms with van der Waals surface area (Å²) in [4.78, 5) is 39.0. The van der Waals surface area contributed by atoms with E-state index < -0.39 is 0 Å². The van der Waals surface area contributed by atoms with Crippen LogP contribution in [-0.2, 0) is 11.3 Å². The Balaban J connectivity index is 1.96. The van der Waals surface area contributed by atoms with Crippen LogP contribution in [0.4, 0.5) is 0 Å². The van der Waals surface area contributed by atoms with Gasteiger partial charge in [0.1, 0.15) is 5.69 Å². The van der Waals surface area contributed by atoms with Crippen LogP contribution in [0.25, 0.3) is 22.7 Å². The molecule has 0 aliphatic carbocycles. The van der Waals surface area contributed by atoms with Gasteiger partial charge in [0.25, 0.3) is 5.91 Å². The summed E-state index contributed by atoms with van der Waals surface area (Å²) in [6, 6.07) is 5.60. The smallest absolute Gasteiger partial charge is 0.276 e. The van der Waals surface area contributed by atoms with Crippen molar-refractivity contribution in [2.45, 2.75) is 13.0 Å². The number of amides is 1. The fraction of sp³-hybridized carbons (Fsp3) is 0.167. The molecule has 5 nitrogen and oxygen atoms in total. The quantitative estimate of drug-likeness (QED) is 0.745. The molecule has 0 fully saturated rings. The topological polar surface area (TPSA) is 59.4 Å². The summed E-state index contributed by atoms with van der Waals surface area (Å²) in [6.07, 6.45) is 5.94. The highest BCUT2D eigenvalue weighted by Crippen LogP contribution is 2.36. The van der Waals surface area contributed by atoms with Crippen molar-refractivity contribution in [1.82, 2.24) is 9.47 Å². The van der Waals surface area contributed by atoms with E-state index in [-0.39, 0.29) is 30.1 Å². The Morgan fingerprint density at radius 2 is 1.96 bits per heavy atom. The molecular weight excluding hydrogens is 292 g/mol. The number of pyridine rings is 1. The van der Waals surface area contributed by atoms with Gasteiger partial charge < -0.3 is 4.57 Å². The molecule has 1 aromatic carbocycles. The third-order valence-corrected chi connectivity index (χ3v) is 4.75. The minimum Gasteiger partial charge on any atom is -0.331 e. The van der Waals surface area contributed by atoms with Crippen LogP contribution >= 0.6 is 0 Å². The van der Waals surface area contributed by atoms with Crippen molar-refractivity contribution < 1.29 is 9.59 Å². The minimum absolute atomic E-state index is 0.00820. The molecule has 0 saturated heterocycles. The van der Waals surface area contributed by atoms with Gasteiger partial charge in [-0.05, 0) is 11.6 Å². The molecule has 0 atom stereocenters. The number of ketones is 1. The predicted molar refractivity (Wildman–Crippen MR) is 85.9 cm³/mol. The zero-order chi connectivity index (χ0) is 15.7. The maximum Gasteiger partial charge on any atom is 0.276 e. The standard InChI is InChI=1S/C18H12N2O3/c21-11-6-7-13-14-16(18(23)20(13)9-11)19-8-2-4-10-3-1-5-12(15(10)19)17(14)22/h1-5,7H,6,8-9H2. The second-order valence-electron chi connectivity index (χ2n) is 6.03. The van der Waals surface area contributed by atoms with E-state index in [9.17, 15) is 14.4 Å². The van der Waals surface area contributed by atoms with Gasteiger partial charge in [-0.25, -0.2) is 0 Å². The van der Waals surface area contributed by atoms with Crippen molar-refractivity contribution in [2.24, 2.45) is 0 Å². The van der Waals surface area contributed by atoms with E-state index in [0.717, 1.165) is 11.1 Å². The van der Waals surface area contributed by atoms with Crippen LogP contribution in [-0.4, -0.2) is 27.7 Å². The van der Waals surface area contributed by atoms with Gasteiger partial charge in [0.2, 0.25) is 0 Å². The number of aromatic nitrogens is 1. The molecule has 5 heteroatoms. The summed E-state index contributed by atoms with van der Waals surface area (Å²) < 4.78 is 1.91. The molecule has 112 valence electrons. The van der Waals surface area contributed by atoms with Gasteiger partial charge in [0.15, 0.2) is 11.2 Å². The molecule has 0 N–H and O–H groups in total. The monoisotopic (exact) mass is 304 g/mol. The molecule has 23 heavy (non-hydrogen) atoms. The number of hydrogen-bond acceptors (Lipinski definition) is 3. The lowest BCUT2D eigenvalue weighted by molar-refractivity contribution is -0.118. The molecule has 0 bridgehead atoms. The van der Waals surface area contributed by atoms with Crippen LogP contribution in [0.15, 0.2) is 35.1 Å². The van der Waals surface area contributed by atoms with Gasteiger partial charge in [-0.1, -0.05) is 30.4 Å². The lowest BCUT2D eigenvalue weighted by Gasteiger charge is -2.20. The number of carbonyl (C=O) groups excluding carboxylic acids is 2. The van der Waals surface area contributed by atoms with Crippen molar-refractivity contribution in [1.29, 1.82) is 0 Å². The van der Waals surface area contributed by atoms with E-state index in [1.165, 1.54) is 4.90 Å². The highest BCUT2D eigenvalue weighted by molar-refractivity contribution is 6.13. The van der Waals surface area contributed by atoms with Crippen molar-refractivity contribution in [3.8, 4) is 0 Å². The van der Waals surface area contributed by atoms with Crippen molar-refractivity contribution in [3.05, 3.63) is 57.4 Å². The van der Waals surface area contributed by atoms with Gasteiger partial charge in [-0.3, -0.25) is 19.3 Å². The van der Waals surface area contributed by atoms with Crippen molar-refractivity contribution >= 4 is 34.4 Å². The molecule has 4 heterocycles. The Hall–Kier alpha value is -2.95. The SMILES string of the molecule is O=C1CC=C2c3c(n4c5c(cccc5c3=O)C=CC4)C(=O)N2C1. The molecular formula is C18H12N2O3. The molecule has 1 amide bonds. The van der Waals surface area contributed by atoms with Gasteiger partial charge in [0.05, 0.1) is 23.3 Å². The molecule has 0 unspecified atom stereocenters. The average Bonchev–Trinajstić information content (AvgIpc) is 2.85. The van der Waals surface area contributed by atoms with E-state index in [4.69, 9.17) is 0 Å². The Morgan fingerprint density at radius 3 is 2.83 bits per heavy atom. The number of rotatable bonds is 0. The maximum atomic E-state index is 13.0. The van der Waals surface area contributed by atoms with Gasteiger partial charge in [-0.2, -0.15) is 0 Å². The number of allylic oxidation sites excluding steroid dienone is 2. The van der Waals surface area contributed by atoms with E-state index in [2.05, 4.69) is 0 Å². The van der Waals surface area contributed by atoms with Crippen molar-refractivity contribution in [2.75, 3.05) is 6.54 Å². The van der Waals surface area contributed by atoms with E-state index in [0.29, 0.717) is 28.9 Å². The first-order valence-corrected chi connectivity index (χ1v) is 7.57. The van der Waals surface area contributed by atoms with E-state index in [1.807, 2.05) is 28.9 Å². The van der Waals surface area contributed by atoms with Gasteiger partial charge in [0, 0.05) is 18.4 Å². The van der Waals surface area contributed by atoms with E-state index in [1.54, 1.807) is 12.1 Å². The highest BCUT2D eigenvalue weighted by atomic mass is 16.2. The van der Waals surface area contributed by atoms with Gasteiger partial charge >= 0.3 is 0 Å². The molecule has 5 rings (SSSR count). The summed E-state index contributed by atoms with van der Waals surface area (Å²) in [5.41, 5.74) is 3.08. The molecule has 0 spiro atoms. The fourth-order valence-corrected chi connectivity index (χ4v) is 3.79. The predicted octanol–water partition coefficient (Wildman–Crippen LogP) is 1.80. The first-order chi connectivity index (χ1) is 11.2. The number of benzene rings is 1. The fourth-order valence-electron chi connectivity index (χ4n) is 3.79. The molecule has 3 aliphatic rings. The second kappa shape index (κ2) is 4.07. The van der Waals surface area contributed by atoms with Crippen LogP contribution in [0.2, 0.25) is 0 Å². The molecule has 0 saturated carbocycles. The summed E-state index contributed by atoms with van der Waals surface area (Å²) in [7, 11) is 0. The third-order valence-electron chi connectivity index (χ3n) is 4.75. The third kappa shape index (κ3) is 1.44. The van der Waals surface area contributed by atoms with E-state index >= 15 is 0 Å². The van der Waals surface area contributed by atoms with Crippen LogP contribution in [0.5, 0.6) is 0 Å². The first kappa shape index (κ1) is 12.6. The molecule has 1 aromatic heterocycles. The van der Waals surface area contributed by atoms with Crippen LogP contribution in [0.3, 0.4) is 0 Å². The summed E-state index contributed by atoms with van der Waals surface area (Å²) in [6.45, 7) is 0.606. The summed E-state index contributed by atoms with van der Waals surface area (Å²) in [5.74, 6) is -0.255. The molecule has 3 aliphatic heterocycles. The maximum absolute atomic E-state index is 13.0. The number of Topliss-reactive ketones (excluding diaryl/α,β-unsaturated/α-hetero) is 1. The number of hydrogen-bond donors (Lipinski definition) is 0. The number of fused-ring (bicyclic) bond motifs is 4. The molecule has 0 radical (unpaired) electrons. The Labute approximate surface area is 131 Å². The number of para-hydroxylation sites is 1. The number of nitrogens with zero attached hydrogens (tertiary/aromatic N) is 2. The van der Waals surface area contributed by atoms with Crippen LogP contribution < -0.4 is 5.43 Å². The summed E-state index contributed by atoms with van der Waals surface area (Å²) >= 11 is 0. The van der Waals surface area contributed by atoms with Gasteiger partial charge in [-0.15, -0.1) is 0 Å². The Bertz CT molecular complexity index is 1060. The minimum atomic E-state index is -0.247. The Morgan fingerprint density at radius 1 is 1.09 bits per heavy atom. The van der Waals surface area contributed by atoms with Crippen LogP contribution in [0, 0.1) is 0 Å². The average molecular weight is 304 g/mol. The zero-order valence-corrected chi connectivity index (χ0v) is 12.2. The van der Waals surface area contributed by atoms with Crippen molar-refractivity contribution in [3.63, 3.8) is 0 Å². The zero-order valence-electron chi connectivity index (χ0n) is 12.2. The lowest BCUT2D eigenvalue weighted by Crippen LogP contribution is -2.32. The number of carbonyl (C=O) groups is 2. The first-order valence-electron chi connectivity index (χ1n) is 7.57. The normalized spacial score (nSPS) is 18.3. The highest BCUT2D eigenvalue weighted by Gasteiger charge is 2.40. The summed E-state index contributed by atoms with van der Waals surface area (Å²) in [5, 5.41) is 0.623. The second-order valence-corrected chi connectivity index (χ2v) is 6.03. The lowest BCUT2D eigenvalue weighted by atomic mass is 10.0. The van der Waals surface area contributed by atoms with Crippen LogP contribution in [0.1, 0.15) is 28.0 Å². The Kier molecular flexibility index (Phi) is 2.23.